The molecule has 3 aromatic rings. The summed E-state index contributed by atoms with van der Waals surface area (Å²) < 4.78 is 2.10. The second-order valence-electron chi connectivity index (χ2n) is 6.87. The van der Waals surface area contributed by atoms with Gasteiger partial charge in [-0.05, 0) is 62.1 Å². The minimum atomic E-state index is -0.0941. The molecule has 0 atom stereocenters. The Morgan fingerprint density at radius 2 is 1.93 bits per heavy atom. The van der Waals surface area contributed by atoms with Crippen molar-refractivity contribution in [2.75, 3.05) is 20.1 Å². The molecule has 0 saturated carbocycles. The Morgan fingerprint density at radius 1 is 1.21 bits per heavy atom. The second kappa shape index (κ2) is 10.3. The standard InChI is InChI=1S/C21H24ClN5OS/c1-26(14-16-6-3-2-4-7-16)13-5-12-23-19(28)15-27-20(24-25-21(27)29)17-8-10-18(22)11-9-17/h2-4,6-11H,5,12-15H2,1H3,(H,23,28)(H,25,29). The topological polar surface area (TPSA) is 66.0 Å². The quantitative estimate of drug-likeness (QED) is 0.400. The van der Waals surface area contributed by atoms with E-state index in [9.17, 15) is 4.79 Å². The maximum atomic E-state index is 12.4. The molecule has 0 spiro atoms. The van der Waals surface area contributed by atoms with Crippen LogP contribution in [0.25, 0.3) is 11.4 Å². The first-order valence-corrected chi connectivity index (χ1v) is 10.2. The number of carbonyl (C=O) groups is 1. The summed E-state index contributed by atoms with van der Waals surface area (Å²) in [7, 11) is 2.08. The molecule has 0 aliphatic rings. The van der Waals surface area contributed by atoms with Crippen molar-refractivity contribution in [1.29, 1.82) is 0 Å². The zero-order valence-corrected chi connectivity index (χ0v) is 17.8. The molecule has 2 N–H and O–H groups in total. The number of nitrogens with one attached hydrogen (secondary N) is 2. The van der Waals surface area contributed by atoms with Crippen LogP contribution < -0.4 is 5.32 Å². The normalized spacial score (nSPS) is 11.0. The van der Waals surface area contributed by atoms with Gasteiger partial charge in [0.25, 0.3) is 0 Å². The van der Waals surface area contributed by atoms with Crippen molar-refractivity contribution in [3.63, 3.8) is 0 Å². The van der Waals surface area contributed by atoms with Gasteiger partial charge in [-0.2, -0.15) is 5.10 Å². The number of nitrogens with zero attached hydrogens (tertiary/aromatic N) is 3. The molecule has 152 valence electrons. The van der Waals surface area contributed by atoms with Crippen LogP contribution in [0, 0.1) is 4.77 Å². The molecule has 2 aromatic carbocycles. The summed E-state index contributed by atoms with van der Waals surface area (Å²) >= 11 is 11.2. The lowest BCUT2D eigenvalue weighted by atomic mass is 10.2. The average molecular weight is 430 g/mol. The van der Waals surface area contributed by atoms with Crippen LogP contribution >= 0.6 is 23.8 Å². The molecule has 0 saturated heterocycles. The van der Waals surface area contributed by atoms with Crippen LogP contribution in [0.1, 0.15) is 12.0 Å². The van der Waals surface area contributed by atoms with Crippen molar-refractivity contribution >= 4 is 29.7 Å². The first-order chi connectivity index (χ1) is 14.0. The van der Waals surface area contributed by atoms with Crippen LogP contribution in [0.3, 0.4) is 0 Å². The Bertz CT molecular complexity index is 984. The second-order valence-corrected chi connectivity index (χ2v) is 7.70. The Balaban J connectivity index is 1.47. The Morgan fingerprint density at radius 3 is 2.66 bits per heavy atom. The number of hydrogen-bond acceptors (Lipinski definition) is 4. The van der Waals surface area contributed by atoms with E-state index in [4.69, 9.17) is 23.8 Å². The number of halogens is 1. The van der Waals surface area contributed by atoms with Gasteiger partial charge >= 0.3 is 0 Å². The van der Waals surface area contributed by atoms with Gasteiger partial charge in [-0.1, -0.05) is 41.9 Å². The highest BCUT2D eigenvalue weighted by Gasteiger charge is 2.12. The predicted octanol–water partition coefficient (Wildman–Crippen LogP) is 3.90. The van der Waals surface area contributed by atoms with E-state index in [1.807, 2.05) is 30.3 Å². The molecule has 8 heteroatoms. The minimum absolute atomic E-state index is 0.0941. The molecular formula is C21H24ClN5OS. The smallest absolute Gasteiger partial charge is 0.240 e. The highest BCUT2D eigenvalue weighted by Crippen LogP contribution is 2.19. The maximum absolute atomic E-state index is 12.4. The van der Waals surface area contributed by atoms with Crippen LogP contribution in [0.4, 0.5) is 0 Å². The van der Waals surface area contributed by atoms with E-state index in [1.165, 1.54) is 5.56 Å². The van der Waals surface area contributed by atoms with Gasteiger partial charge in [-0.25, -0.2) is 0 Å². The number of benzene rings is 2. The third kappa shape index (κ3) is 6.25. The summed E-state index contributed by atoms with van der Waals surface area (Å²) in [5.74, 6) is 0.521. The predicted molar refractivity (Wildman–Crippen MR) is 118 cm³/mol. The lowest BCUT2D eigenvalue weighted by molar-refractivity contribution is -0.121. The number of amides is 1. The molecule has 0 fully saturated rings. The van der Waals surface area contributed by atoms with E-state index in [0.29, 0.717) is 22.2 Å². The first-order valence-electron chi connectivity index (χ1n) is 9.43. The van der Waals surface area contributed by atoms with E-state index in [1.54, 1.807) is 16.7 Å². The monoisotopic (exact) mass is 429 g/mol. The van der Waals surface area contributed by atoms with E-state index in [-0.39, 0.29) is 12.5 Å². The van der Waals surface area contributed by atoms with E-state index >= 15 is 0 Å². The number of aromatic amines is 1. The molecule has 1 amide bonds. The van der Waals surface area contributed by atoms with Crippen molar-refractivity contribution in [3.8, 4) is 11.4 Å². The number of aromatic nitrogens is 3. The number of rotatable bonds is 9. The maximum Gasteiger partial charge on any atom is 0.240 e. The van der Waals surface area contributed by atoms with E-state index in [2.05, 4.69) is 39.6 Å². The zero-order valence-electron chi connectivity index (χ0n) is 16.3. The molecule has 0 unspecified atom stereocenters. The Labute approximate surface area is 180 Å². The zero-order chi connectivity index (χ0) is 20.6. The number of H-pyrrole nitrogens is 1. The summed E-state index contributed by atoms with van der Waals surface area (Å²) in [6.45, 7) is 2.52. The van der Waals surface area contributed by atoms with Gasteiger partial charge in [0.2, 0.25) is 5.91 Å². The molecule has 0 bridgehead atoms. The summed E-state index contributed by atoms with van der Waals surface area (Å²) in [6, 6.07) is 17.6. The van der Waals surface area contributed by atoms with E-state index in [0.717, 1.165) is 25.1 Å². The summed E-state index contributed by atoms with van der Waals surface area (Å²) in [5, 5.41) is 10.6. The fourth-order valence-corrected chi connectivity index (χ4v) is 3.36. The molecule has 0 aliphatic carbocycles. The number of carbonyl (C=O) groups excluding carboxylic acids is 1. The SMILES string of the molecule is CN(CCCNC(=O)Cn1c(-c2ccc(Cl)cc2)n[nH]c1=S)Cc1ccccc1. The van der Waals surface area contributed by atoms with Crippen molar-refractivity contribution in [3.05, 3.63) is 70.0 Å². The van der Waals surface area contributed by atoms with Crippen LogP contribution in [-0.4, -0.2) is 45.7 Å². The van der Waals surface area contributed by atoms with Gasteiger partial charge in [0.1, 0.15) is 6.54 Å². The van der Waals surface area contributed by atoms with Crippen LogP contribution in [0.2, 0.25) is 5.02 Å². The van der Waals surface area contributed by atoms with Crippen molar-refractivity contribution in [2.45, 2.75) is 19.5 Å². The van der Waals surface area contributed by atoms with Crippen LogP contribution in [-0.2, 0) is 17.9 Å². The van der Waals surface area contributed by atoms with Gasteiger partial charge in [0.05, 0.1) is 0 Å². The third-order valence-corrected chi connectivity index (χ3v) is 5.06. The van der Waals surface area contributed by atoms with Gasteiger partial charge in [-0.15, -0.1) is 0 Å². The number of hydrogen-bond donors (Lipinski definition) is 2. The molecule has 6 nitrogen and oxygen atoms in total. The molecule has 1 aromatic heterocycles. The van der Waals surface area contributed by atoms with E-state index < -0.39 is 0 Å². The van der Waals surface area contributed by atoms with Gasteiger partial charge in [0, 0.05) is 23.7 Å². The Kier molecular flexibility index (Phi) is 7.57. The summed E-state index contributed by atoms with van der Waals surface area (Å²) in [5.41, 5.74) is 2.13. The first kappa shape index (κ1) is 21.2. The van der Waals surface area contributed by atoms with Gasteiger partial charge < -0.3 is 10.2 Å². The highest BCUT2D eigenvalue weighted by atomic mass is 35.5. The Hall–Kier alpha value is -2.48. The fourth-order valence-electron chi connectivity index (χ4n) is 3.03. The van der Waals surface area contributed by atoms with Gasteiger partial charge in [0.15, 0.2) is 10.6 Å². The molecule has 3 rings (SSSR count). The molecule has 29 heavy (non-hydrogen) atoms. The fraction of sp³-hybridized carbons (Fsp3) is 0.286. The molecule has 1 heterocycles. The summed E-state index contributed by atoms with van der Waals surface area (Å²) in [6.07, 6.45) is 0.871. The largest absolute Gasteiger partial charge is 0.355 e. The lowest BCUT2D eigenvalue weighted by Gasteiger charge is -2.16. The highest BCUT2D eigenvalue weighted by molar-refractivity contribution is 7.71. The van der Waals surface area contributed by atoms with Crippen molar-refractivity contribution in [1.82, 2.24) is 25.0 Å². The van der Waals surface area contributed by atoms with Crippen LogP contribution in [0.15, 0.2) is 54.6 Å². The van der Waals surface area contributed by atoms with Crippen molar-refractivity contribution < 1.29 is 4.79 Å². The third-order valence-electron chi connectivity index (χ3n) is 4.50. The van der Waals surface area contributed by atoms with Crippen LogP contribution in [0.5, 0.6) is 0 Å². The molecule has 0 aliphatic heterocycles. The van der Waals surface area contributed by atoms with Crippen molar-refractivity contribution in [2.24, 2.45) is 0 Å². The molecule has 0 radical (unpaired) electrons. The lowest BCUT2D eigenvalue weighted by Crippen LogP contribution is -2.31. The summed E-state index contributed by atoms with van der Waals surface area (Å²) in [4.78, 5) is 14.6. The molecular weight excluding hydrogens is 406 g/mol. The van der Waals surface area contributed by atoms with Gasteiger partial charge in [-0.3, -0.25) is 14.5 Å². The average Bonchev–Trinajstić information content (AvgIpc) is 3.07. The minimum Gasteiger partial charge on any atom is -0.355 e.